The molecule has 36 heavy (non-hydrogen) atoms. The molecule has 1 aliphatic heterocycles. The fourth-order valence-electron chi connectivity index (χ4n) is 4.46. The van der Waals surface area contributed by atoms with Crippen LogP contribution in [0.2, 0.25) is 0 Å². The minimum absolute atomic E-state index is 0.117. The van der Waals surface area contributed by atoms with E-state index in [-0.39, 0.29) is 17.4 Å². The summed E-state index contributed by atoms with van der Waals surface area (Å²) in [5.74, 6) is -0.573. The zero-order chi connectivity index (χ0) is 26.2. The summed E-state index contributed by atoms with van der Waals surface area (Å²) in [5.41, 5.74) is 1.95. The maximum absolute atomic E-state index is 13.6. The van der Waals surface area contributed by atoms with Crippen molar-refractivity contribution in [2.24, 2.45) is 5.92 Å². The smallest absolute Gasteiger partial charge is 0.256 e. The third kappa shape index (κ3) is 6.83. The van der Waals surface area contributed by atoms with Crippen molar-refractivity contribution in [3.05, 3.63) is 59.4 Å². The molecule has 1 fully saturated rings. The van der Waals surface area contributed by atoms with Crippen LogP contribution in [0.5, 0.6) is 0 Å². The number of halogens is 1. The number of anilines is 2. The van der Waals surface area contributed by atoms with Gasteiger partial charge in [-0.05, 0) is 62.6 Å². The molecule has 0 bridgehead atoms. The number of carbonyl (C=O) groups is 3. The first-order valence-corrected chi connectivity index (χ1v) is 12.8. The molecule has 3 rings (SSSR count). The van der Waals surface area contributed by atoms with Crippen LogP contribution in [-0.2, 0) is 4.79 Å². The normalized spacial score (nSPS) is 13.9. The van der Waals surface area contributed by atoms with Crippen LogP contribution in [0.15, 0.2) is 42.5 Å². The van der Waals surface area contributed by atoms with Gasteiger partial charge in [-0.1, -0.05) is 19.9 Å². The fraction of sp³-hybridized carbons (Fsp3) is 0.464. The lowest BCUT2D eigenvalue weighted by Gasteiger charge is -2.28. The Kier molecular flexibility index (Phi) is 9.44. The average molecular weight is 497 g/mol. The van der Waals surface area contributed by atoms with Crippen molar-refractivity contribution in [2.45, 2.75) is 40.5 Å². The Hall–Kier alpha value is -3.42. The van der Waals surface area contributed by atoms with E-state index in [2.05, 4.69) is 10.2 Å². The summed E-state index contributed by atoms with van der Waals surface area (Å²) in [6.07, 6.45) is 1.34. The SMILES string of the molecule is CCN(CC)C(=O)c1cc(NC(=O)c2cccc(F)c2)ccc1N1CCCN(C(=O)CC(C)C)CC1. The van der Waals surface area contributed by atoms with E-state index in [1.807, 2.05) is 38.7 Å². The second-order valence-electron chi connectivity index (χ2n) is 9.49. The second-order valence-corrected chi connectivity index (χ2v) is 9.49. The van der Waals surface area contributed by atoms with Crippen LogP contribution < -0.4 is 10.2 Å². The van der Waals surface area contributed by atoms with Gasteiger partial charge in [-0.25, -0.2) is 4.39 Å². The molecule has 8 heteroatoms. The van der Waals surface area contributed by atoms with Gasteiger partial charge in [0.15, 0.2) is 0 Å². The van der Waals surface area contributed by atoms with Crippen molar-refractivity contribution >= 4 is 29.1 Å². The summed E-state index contributed by atoms with van der Waals surface area (Å²) >= 11 is 0. The zero-order valence-electron chi connectivity index (χ0n) is 21.7. The number of hydrogen-bond acceptors (Lipinski definition) is 4. The van der Waals surface area contributed by atoms with Crippen molar-refractivity contribution in [1.82, 2.24) is 9.80 Å². The van der Waals surface area contributed by atoms with E-state index in [1.54, 1.807) is 17.0 Å². The highest BCUT2D eigenvalue weighted by Crippen LogP contribution is 2.28. The summed E-state index contributed by atoms with van der Waals surface area (Å²) in [6.45, 7) is 11.7. The van der Waals surface area contributed by atoms with Crippen LogP contribution in [-0.4, -0.2) is 66.8 Å². The van der Waals surface area contributed by atoms with Gasteiger partial charge in [-0.3, -0.25) is 14.4 Å². The lowest BCUT2D eigenvalue weighted by Crippen LogP contribution is -2.37. The van der Waals surface area contributed by atoms with E-state index in [0.717, 1.165) is 18.7 Å². The molecule has 1 N–H and O–H groups in total. The molecule has 1 aliphatic rings. The molecular formula is C28H37FN4O3. The Morgan fingerprint density at radius 2 is 1.75 bits per heavy atom. The van der Waals surface area contributed by atoms with E-state index in [9.17, 15) is 18.8 Å². The van der Waals surface area contributed by atoms with Gasteiger partial charge in [-0.2, -0.15) is 0 Å². The van der Waals surface area contributed by atoms with Gasteiger partial charge in [0.25, 0.3) is 11.8 Å². The molecule has 2 aromatic rings. The highest BCUT2D eigenvalue weighted by molar-refractivity contribution is 6.06. The van der Waals surface area contributed by atoms with Crippen molar-refractivity contribution in [2.75, 3.05) is 49.5 Å². The quantitative estimate of drug-likeness (QED) is 0.578. The lowest BCUT2D eigenvalue weighted by atomic mass is 10.1. The van der Waals surface area contributed by atoms with Crippen molar-refractivity contribution in [1.29, 1.82) is 0 Å². The molecule has 7 nitrogen and oxygen atoms in total. The van der Waals surface area contributed by atoms with Crippen LogP contribution >= 0.6 is 0 Å². The van der Waals surface area contributed by atoms with Gasteiger partial charge >= 0.3 is 0 Å². The molecule has 0 aliphatic carbocycles. The lowest BCUT2D eigenvalue weighted by molar-refractivity contribution is -0.131. The minimum Gasteiger partial charge on any atom is -0.369 e. The summed E-state index contributed by atoms with van der Waals surface area (Å²) in [4.78, 5) is 44.6. The third-order valence-corrected chi connectivity index (χ3v) is 6.39. The molecule has 0 atom stereocenters. The highest BCUT2D eigenvalue weighted by atomic mass is 19.1. The van der Waals surface area contributed by atoms with E-state index in [4.69, 9.17) is 0 Å². The Morgan fingerprint density at radius 1 is 1.00 bits per heavy atom. The molecule has 0 aromatic heterocycles. The molecule has 0 spiro atoms. The number of benzene rings is 2. The van der Waals surface area contributed by atoms with Gasteiger partial charge in [0, 0.05) is 62.6 Å². The molecule has 2 aromatic carbocycles. The minimum atomic E-state index is -0.488. The van der Waals surface area contributed by atoms with Gasteiger partial charge in [0.2, 0.25) is 5.91 Å². The first-order chi connectivity index (χ1) is 17.2. The van der Waals surface area contributed by atoms with Crippen molar-refractivity contribution in [3.8, 4) is 0 Å². The molecule has 0 radical (unpaired) electrons. The van der Waals surface area contributed by atoms with E-state index < -0.39 is 11.7 Å². The Bertz CT molecular complexity index is 1080. The summed E-state index contributed by atoms with van der Waals surface area (Å²) in [5, 5.41) is 2.79. The molecular weight excluding hydrogens is 459 g/mol. The number of carbonyl (C=O) groups excluding carboxylic acids is 3. The first kappa shape index (κ1) is 27.2. The Morgan fingerprint density at radius 3 is 2.42 bits per heavy atom. The van der Waals surface area contributed by atoms with Gasteiger partial charge in [0.05, 0.1) is 5.56 Å². The predicted molar refractivity (Wildman–Crippen MR) is 141 cm³/mol. The number of nitrogens with zero attached hydrogens (tertiary/aromatic N) is 3. The van der Waals surface area contributed by atoms with Crippen LogP contribution in [0.4, 0.5) is 15.8 Å². The summed E-state index contributed by atoms with van der Waals surface area (Å²) < 4.78 is 13.6. The van der Waals surface area contributed by atoms with E-state index >= 15 is 0 Å². The van der Waals surface area contributed by atoms with Crippen molar-refractivity contribution < 1.29 is 18.8 Å². The van der Waals surface area contributed by atoms with Crippen LogP contribution in [0.25, 0.3) is 0 Å². The third-order valence-electron chi connectivity index (χ3n) is 6.39. The topological polar surface area (TPSA) is 73.0 Å². The predicted octanol–water partition coefficient (Wildman–Crippen LogP) is 4.64. The second kappa shape index (κ2) is 12.5. The first-order valence-electron chi connectivity index (χ1n) is 12.8. The molecule has 3 amide bonds. The van der Waals surface area contributed by atoms with Crippen molar-refractivity contribution in [3.63, 3.8) is 0 Å². The number of amides is 3. The molecule has 1 saturated heterocycles. The maximum Gasteiger partial charge on any atom is 0.256 e. The maximum atomic E-state index is 13.6. The summed E-state index contributed by atoms with van der Waals surface area (Å²) in [7, 11) is 0. The molecule has 0 saturated carbocycles. The van der Waals surface area contributed by atoms with E-state index in [0.29, 0.717) is 56.3 Å². The molecule has 1 heterocycles. The summed E-state index contributed by atoms with van der Waals surface area (Å²) in [6, 6.07) is 10.8. The standard InChI is InChI=1S/C28H37FN4O3/c1-5-31(6-2)28(36)24-19-23(30-27(35)21-9-7-10-22(29)18-21)11-12-25(24)32-13-8-14-33(16-15-32)26(34)17-20(3)4/h7,9-12,18-20H,5-6,8,13-17H2,1-4H3,(H,30,35). The monoisotopic (exact) mass is 496 g/mol. The van der Waals surface area contributed by atoms with Gasteiger partial charge < -0.3 is 20.0 Å². The molecule has 0 unspecified atom stereocenters. The Labute approximate surface area is 213 Å². The highest BCUT2D eigenvalue weighted by Gasteiger charge is 2.25. The average Bonchev–Trinajstić information content (AvgIpc) is 3.10. The van der Waals surface area contributed by atoms with Crippen LogP contribution in [0.3, 0.4) is 0 Å². The van der Waals surface area contributed by atoms with Crippen LogP contribution in [0, 0.1) is 11.7 Å². The van der Waals surface area contributed by atoms with Gasteiger partial charge in [-0.15, -0.1) is 0 Å². The zero-order valence-corrected chi connectivity index (χ0v) is 21.7. The van der Waals surface area contributed by atoms with E-state index in [1.165, 1.54) is 24.3 Å². The number of hydrogen-bond donors (Lipinski definition) is 1. The fourth-order valence-corrected chi connectivity index (χ4v) is 4.46. The number of rotatable bonds is 8. The molecule has 194 valence electrons. The van der Waals surface area contributed by atoms with Gasteiger partial charge in [0.1, 0.15) is 5.82 Å². The number of nitrogens with one attached hydrogen (secondary N) is 1. The van der Waals surface area contributed by atoms with Crippen LogP contribution in [0.1, 0.15) is 61.3 Å². The Balaban J connectivity index is 1.87. The largest absolute Gasteiger partial charge is 0.369 e.